The van der Waals surface area contributed by atoms with Crippen molar-refractivity contribution in [1.29, 1.82) is 0 Å². The lowest BCUT2D eigenvalue weighted by Crippen LogP contribution is -2.68. The highest BCUT2D eigenvalue weighted by molar-refractivity contribution is 9.10. The van der Waals surface area contributed by atoms with E-state index in [9.17, 15) is 14.4 Å². The Kier molecular flexibility index (Phi) is 4.88. The zero-order valence-corrected chi connectivity index (χ0v) is 17.9. The van der Waals surface area contributed by atoms with Crippen LogP contribution < -0.4 is 11.1 Å². The van der Waals surface area contributed by atoms with Crippen molar-refractivity contribution in [2.45, 2.75) is 11.6 Å². The van der Waals surface area contributed by atoms with Crippen LogP contribution in [-0.4, -0.2) is 47.9 Å². The van der Waals surface area contributed by atoms with E-state index in [0.717, 1.165) is 9.37 Å². The highest BCUT2D eigenvalue weighted by Crippen LogP contribution is 2.46. The first kappa shape index (κ1) is 20.1. The third-order valence-electron chi connectivity index (χ3n) is 5.63. The second-order valence-electron chi connectivity index (χ2n) is 7.33. The summed E-state index contributed by atoms with van der Waals surface area (Å²) < 4.78 is 0.734. The number of carbonyl (C=O) groups is 3. The second-order valence-corrected chi connectivity index (χ2v) is 8.24. The van der Waals surface area contributed by atoms with Crippen LogP contribution in [0.25, 0.3) is 0 Å². The molecule has 3 unspecified atom stereocenters. The summed E-state index contributed by atoms with van der Waals surface area (Å²) in [6, 6.07) is 14.0. The van der Waals surface area contributed by atoms with Gasteiger partial charge in [0.2, 0.25) is 11.8 Å². The van der Waals surface area contributed by atoms with Gasteiger partial charge in [-0.15, -0.1) is 0 Å². The van der Waals surface area contributed by atoms with E-state index in [0.29, 0.717) is 16.8 Å². The smallest absolute Gasteiger partial charge is 0.324 e. The molecule has 1 fully saturated rings. The van der Waals surface area contributed by atoms with Gasteiger partial charge in [0, 0.05) is 35.4 Å². The van der Waals surface area contributed by atoms with Gasteiger partial charge in [-0.2, -0.15) is 0 Å². The number of hydrogen-bond donors (Lipinski definition) is 2. The van der Waals surface area contributed by atoms with Crippen LogP contribution in [0.5, 0.6) is 0 Å². The molecule has 0 aliphatic carbocycles. The molecule has 3 N–H and O–H groups in total. The van der Waals surface area contributed by atoms with Gasteiger partial charge >= 0.3 is 6.03 Å². The van der Waals surface area contributed by atoms with Crippen molar-refractivity contribution in [3.8, 4) is 11.8 Å². The topological polar surface area (TPSA) is 95.7 Å². The summed E-state index contributed by atoms with van der Waals surface area (Å²) in [5, 5.41) is 2.84. The summed E-state index contributed by atoms with van der Waals surface area (Å²) in [5.74, 6) is 4.05. The number of halogens is 1. The average molecular weight is 467 g/mol. The van der Waals surface area contributed by atoms with Crippen molar-refractivity contribution < 1.29 is 14.4 Å². The van der Waals surface area contributed by atoms with Crippen LogP contribution in [0, 0.1) is 17.8 Å². The number of fused-ring (bicyclic) bond motifs is 1. The van der Waals surface area contributed by atoms with Crippen LogP contribution in [0.3, 0.4) is 0 Å². The van der Waals surface area contributed by atoms with Crippen molar-refractivity contribution >= 4 is 39.5 Å². The van der Waals surface area contributed by atoms with E-state index in [4.69, 9.17) is 5.73 Å². The zero-order chi connectivity index (χ0) is 21.6. The van der Waals surface area contributed by atoms with Crippen LogP contribution in [-0.2, 0) is 15.0 Å². The molecule has 1 saturated heterocycles. The van der Waals surface area contributed by atoms with Crippen LogP contribution in [0.2, 0.25) is 0 Å². The number of carbonyl (C=O) groups excluding carboxylic acids is 3. The lowest BCUT2D eigenvalue weighted by molar-refractivity contribution is -0.142. The monoisotopic (exact) mass is 466 g/mol. The molecule has 2 aromatic rings. The Bertz CT molecular complexity index is 1120. The number of nitrogens with zero attached hydrogens (tertiary/aromatic N) is 2. The summed E-state index contributed by atoms with van der Waals surface area (Å²) in [7, 11) is 2.89. The predicted molar refractivity (Wildman–Crippen MR) is 115 cm³/mol. The molecule has 4 amide bonds. The lowest BCUT2D eigenvalue weighted by Gasteiger charge is -2.44. The molecule has 0 radical (unpaired) electrons. The Labute approximate surface area is 182 Å². The van der Waals surface area contributed by atoms with Crippen LogP contribution in [0.4, 0.5) is 10.5 Å². The van der Waals surface area contributed by atoms with E-state index in [1.54, 1.807) is 18.2 Å². The molecule has 0 spiro atoms. The Morgan fingerprint density at radius 3 is 2.50 bits per heavy atom. The molecule has 0 bridgehead atoms. The number of anilines is 1. The lowest BCUT2D eigenvalue weighted by atomic mass is 9.68. The maximum absolute atomic E-state index is 13.4. The zero-order valence-electron chi connectivity index (χ0n) is 16.3. The molecule has 8 heteroatoms. The van der Waals surface area contributed by atoms with Crippen molar-refractivity contribution in [3.63, 3.8) is 0 Å². The molecule has 152 valence electrons. The van der Waals surface area contributed by atoms with Gasteiger partial charge in [0.05, 0.1) is 6.17 Å². The van der Waals surface area contributed by atoms with Gasteiger partial charge in [-0.25, -0.2) is 4.79 Å². The summed E-state index contributed by atoms with van der Waals surface area (Å²) >= 11 is 3.44. The number of amides is 4. The molecular weight excluding hydrogens is 448 g/mol. The first-order chi connectivity index (χ1) is 14.3. The number of imide groups is 1. The number of rotatable bonds is 1. The first-order valence-corrected chi connectivity index (χ1v) is 10.1. The fraction of sp³-hybridized carbons (Fsp3) is 0.227. The molecule has 7 nitrogen and oxygen atoms in total. The molecular formula is C22H19BrN4O3. The molecule has 0 saturated carbocycles. The van der Waals surface area contributed by atoms with Crippen LogP contribution in [0.1, 0.15) is 11.1 Å². The molecule has 4 rings (SSSR count). The fourth-order valence-electron chi connectivity index (χ4n) is 3.98. The molecule has 0 aromatic heterocycles. The molecule has 2 aromatic carbocycles. The van der Waals surface area contributed by atoms with Crippen molar-refractivity contribution in [3.05, 3.63) is 64.1 Å². The van der Waals surface area contributed by atoms with Gasteiger partial charge in [0.15, 0.2) is 5.41 Å². The summed E-state index contributed by atoms with van der Waals surface area (Å²) in [6.07, 6.45) is -1.03. The molecule has 2 aliphatic rings. The maximum atomic E-state index is 13.4. The molecule has 30 heavy (non-hydrogen) atoms. The normalized spacial score (nSPS) is 25.5. The third kappa shape index (κ3) is 2.90. The third-order valence-corrected chi connectivity index (χ3v) is 6.12. The standard InChI is InChI=1S/C22H19BrN4O3/c1-26-18(24)17(19(28)27(2)21(26)30)22(11-10-13-6-4-3-5-7-13)15-12-14(23)8-9-16(15)25-20(22)29/h3-9,12,17-18H,24H2,1-2H3,(H,25,29). The SMILES string of the molecule is CN1C(=O)C(C2(C#Cc3ccccc3)C(=O)Nc3ccc(Br)cc32)C(N)N(C)C1=O. The Morgan fingerprint density at radius 2 is 1.80 bits per heavy atom. The number of hydrogen-bond acceptors (Lipinski definition) is 4. The summed E-state index contributed by atoms with van der Waals surface area (Å²) in [6.45, 7) is 0. The minimum Gasteiger partial charge on any atom is -0.324 e. The van der Waals surface area contributed by atoms with Crippen LogP contribution in [0.15, 0.2) is 53.0 Å². The van der Waals surface area contributed by atoms with E-state index in [-0.39, 0.29) is 0 Å². The quantitative estimate of drug-likeness (QED) is 0.629. The van der Waals surface area contributed by atoms with Crippen molar-refractivity contribution in [2.75, 3.05) is 19.4 Å². The number of nitrogens with one attached hydrogen (secondary N) is 1. The summed E-state index contributed by atoms with van der Waals surface area (Å²) in [5.41, 5.74) is 6.61. The largest absolute Gasteiger partial charge is 0.327 e. The molecule has 2 aliphatic heterocycles. The first-order valence-electron chi connectivity index (χ1n) is 9.27. The van der Waals surface area contributed by atoms with Gasteiger partial charge in [0.25, 0.3) is 0 Å². The van der Waals surface area contributed by atoms with Gasteiger partial charge in [-0.05, 0) is 30.3 Å². The number of nitrogens with two attached hydrogens (primary N) is 1. The minimum atomic E-state index is -1.56. The fourth-order valence-corrected chi connectivity index (χ4v) is 4.34. The Balaban J connectivity index is 1.98. The average Bonchev–Trinajstić information content (AvgIpc) is 3.02. The van der Waals surface area contributed by atoms with E-state index in [1.165, 1.54) is 19.0 Å². The molecule has 2 heterocycles. The van der Waals surface area contributed by atoms with Crippen molar-refractivity contribution in [1.82, 2.24) is 9.80 Å². The van der Waals surface area contributed by atoms with E-state index in [1.807, 2.05) is 30.3 Å². The van der Waals surface area contributed by atoms with Gasteiger partial charge in [-0.1, -0.05) is 46.0 Å². The van der Waals surface area contributed by atoms with Crippen LogP contribution >= 0.6 is 15.9 Å². The maximum Gasteiger partial charge on any atom is 0.327 e. The van der Waals surface area contributed by atoms with E-state index in [2.05, 4.69) is 33.1 Å². The van der Waals surface area contributed by atoms with Gasteiger partial charge in [0.1, 0.15) is 5.92 Å². The number of urea groups is 1. The van der Waals surface area contributed by atoms with Gasteiger partial charge < -0.3 is 16.0 Å². The van der Waals surface area contributed by atoms with E-state index >= 15 is 0 Å². The number of benzene rings is 2. The predicted octanol–water partition coefficient (Wildman–Crippen LogP) is 2.12. The summed E-state index contributed by atoms with van der Waals surface area (Å²) in [4.78, 5) is 41.3. The Hall–Kier alpha value is -3.15. The highest BCUT2D eigenvalue weighted by atomic mass is 79.9. The van der Waals surface area contributed by atoms with Gasteiger partial charge in [-0.3, -0.25) is 14.5 Å². The minimum absolute atomic E-state index is 0.441. The highest BCUT2D eigenvalue weighted by Gasteiger charge is 2.60. The Morgan fingerprint density at radius 1 is 1.10 bits per heavy atom. The van der Waals surface area contributed by atoms with E-state index < -0.39 is 35.3 Å². The molecule has 3 atom stereocenters. The van der Waals surface area contributed by atoms with Crippen molar-refractivity contribution in [2.24, 2.45) is 11.7 Å². The second kappa shape index (κ2) is 7.27.